The summed E-state index contributed by atoms with van der Waals surface area (Å²) in [6, 6.07) is 17.0. The van der Waals surface area contributed by atoms with Gasteiger partial charge in [0.05, 0.1) is 5.75 Å². The number of nitrogens with one attached hydrogen (secondary N) is 1. The van der Waals surface area contributed by atoms with Gasteiger partial charge >= 0.3 is 0 Å². The van der Waals surface area contributed by atoms with Gasteiger partial charge in [-0.15, -0.1) is 11.8 Å². The number of rotatable bonds is 9. The van der Waals surface area contributed by atoms with Crippen LogP contribution in [-0.2, 0) is 21.9 Å². The molecule has 0 heterocycles. The van der Waals surface area contributed by atoms with Crippen LogP contribution in [0.5, 0.6) is 0 Å². The van der Waals surface area contributed by atoms with Crippen molar-refractivity contribution in [1.82, 2.24) is 10.2 Å². The number of carbonyl (C=O) groups excluding carboxylic acids is 2. The van der Waals surface area contributed by atoms with Gasteiger partial charge in [0.1, 0.15) is 6.04 Å². The van der Waals surface area contributed by atoms with Crippen LogP contribution in [0, 0.1) is 0 Å². The third-order valence-electron chi connectivity index (χ3n) is 4.52. The molecule has 0 fully saturated rings. The van der Waals surface area contributed by atoms with Crippen LogP contribution in [-0.4, -0.2) is 34.0 Å². The van der Waals surface area contributed by atoms with Crippen molar-refractivity contribution >= 4 is 35.2 Å². The van der Waals surface area contributed by atoms with Gasteiger partial charge in [-0.2, -0.15) is 0 Å². The second-order valence-electron chi connectivity index (χ2n) is 8.25. The van der Waals surface area contributed by atoms with Crippen molar-refractivity contribution in [3.05, 3.63) is 70.7 Å². The average molecular weight is 447 g/mol. The number of carbonyl (C=O) groups is 2. The Morgan fingerprint density at radius 1 is 1.07 bits per heavy atom. The fourth-order valence-corrected chi connectivity index (χ4v) is 4.16. The molecular formula is C24H31ClN2O2S. The van der Waals surface area contributed by atoms with E-state index in [0.717, 1.165) is 11.3 Å². The minimum Gasteiger partial charge on any atom is -0.350 e. The van der Waals surface area contributed by atoms with E-state index in [9.17, 15) is 9.59 Å². The second kappa shape index (κ2) is 11.4. The smallest absolute Gasteiger partial charge is 0.243 e. The maximum atomic E-state index is 13.2. The third-order valence-corrected chi connectivity index (χ3v) is 5.88. The Bertz CT molecular complexity index is 837. The first-order chi connectivity index (χ1) is 14.2. The Kier molecular flexibility index (Phi) is 9.25. The quantitative estimate of drug-likeness (QED) is 0.568. The molecule has 2 aromatic carbocycles. The highest BCUT2D eigenvalue weighted by Gasteiger charge is 2.30. The van der Waals surface area contributed by atoms with Crippen molar-refractivity contribution in [3.63, 3.8) is 0 Å². The summed E-state index contributed by atoms with van der Waals surface area (Å²) in [4.78, 5) is 27.8. The van der Waals surface area contributed by atoms with Gasteiger partial charge in [0.25, 0.3) is 0 Å². The van der Waals surface area contributed by atoms with Gasteiger partial charge in [-0.05, 0) is 44.4 Å². The van der Waals surface area contributed by atoms with Gasteiger partial charge in [-0.1, -0.05) is 67.1 Å². The van der Waals surface area contributed by atoms with E-state index in [0.29, 0.717) is 23.7 Å². The Balaban J connectivity index is 2.17. The Morgan fingerprint density at radius 2 is 1.70 bits per heavy atom. The summed E-state index contributed by atoms with van der Waals surface area (Å²) in [5, 5.41) is 3.61. The van der Waals surface area contributed by atoms with Crippen molar-refractivity contribution in [3.8, 4) is 0 Å². The van der Waals surface area contributed by atoms with Crippen LogP contribution in [0.2, 0.25) is 5.02 Å². The maximum absolute atomic E-state index is 13.2. The van der Waals surface area contributed by atoms with E-state index in [1.54, 1.807) is 22.7 Å². The standard InChI is InChI=1S/C24H31ClN2O2S/c1-5-21(23(29)26-24(2,3)4)27(15-19-13-9-10-14-20(19)25)22(28)17-30-16-18-11-7-6-8-12-18/h6-14,21H,5,15-17H2,1-4H3,(H,26,29)/t21-/m1/s1. The van der Waals surface area contributed by atoms with E-state index in [2.05, 4.69) is 5.32 Å². The lowest BCUT2D eigenvalue weighted by atomic mass is 10.1. The fraction of sp³-hybridized carbons (Fsp3) is 0.417. The molecule has 1 atom stereocenters. The van der Waals surface area contributed by atoms with E-state index in [1.807, 2.05) is 76.2 Å². The summed E-state index contributed by atoms with van der Waals surface area (Å²) in [6.07, 6.45) is 0.529. The first-order valence-corrected chi connectivity index (χ1v) is 11.7. The molecule has 0 saturated carbocycles. The number of amides is 2. The summed E-state index contributed by atoms with van der Waals surface area (Å²) in [5.74, 6) is 0.848. The molecule has 30 heavy (non-hydrogen) atoms. The lowest BCUT2D eigenvalue weighted by Gasteiger charge is -2.33. The first-order valence-electron chi connectivity index (χ1n) is 10.2. The molecule has 0 bridgehead atoms. The molecule has 0 aliphatic carbocycles. The average Bonchev–Trinajstić information content (AvgIpc) is 2.68. The van der Waals surface area contributed by atoms with Crippen LogP contribution in [0.3, 0.4) is 0 Å². The predicted octanol–water partition coefficient (Wildman–Crippen LogP) is 5.30. The molecule has 6 heteroatoms. The zero-order valence-corrected chi connectivity index (χ0v) is 19.7. The van der Waals surface area contributed by atoms with Crippen LogP contribution in [0.4, 0.5) is 0 Å². The molecule has 162 valence electrons. The molecule has 0 saturated heterocycles. The van der Waals surface area contributed by atoms with Crippen molar-refractivity contribution in [1.29, 1.82) is 0 Å². The molecule has 0 aliphatic heterocycles. The summed E-state index contributed by atoms with van der Waals surface area (Å²) >= 11 is 7.90. The summed E-state index contributed by atoms with van der Waals surface area (Å²) in [6.45, 7) is 8.05. The molecule has 4 nitrogen and oxygen atoms in total. The number of hydrogen-bond acceptors (Lipinski definition) is 3. The molecule has 0 aromatic heterocycles. The number of nitrogens with zero attached hydrogens (tertiary/aromatic N) is 1. The van der Waals surface area contributed by atoms with Crippen LogP contribution in [0.1, 0.15) is 45.2 Å². The summed E-state index contributed by atoms with van der Waals surface area (Å²) in [5.41, 5.74) is 1.64. The lowest BCUT2D eigenvalue weighted by molar-refractivity contribution is -0.140. The Hall–Kier alpha value is -1.98. The molecule has 1 N–H and O–H groups in total. The van der Waals surface area contributed by atoms with Gasteiger partial charge in [0.15, 0.2) is 0 Å². The predicted molar refractivity (Wildman–Crippen MR) is 127 cm³/mol. The van der Waals surface area contributed by atoms with Crippen molar-refractivity contribution < 1.29 is 9.59 Å². The van der Waals surface area contributed by atoms with Crippen molar-refractivity contribution in [2.24, 2.45) is 0 Å². The number of halogens is 1. The van der Waals surface area contributed by atoms with Gasteiger partial charge in [0.2, 0.25) is 11.8 Å². The molecular weight excluding hydrogens is 416 g/mol. The minimum atomic E-state index is -0.551. The van der Waals surface area contributed by atoms with E-state index < -0.39 is 6.04 Å². The summed E-state index contributed by atoms with van der Waals surface area (Å²) in [7, 11) is 0. The topological polar surface area (TPSA) is 49.4 Å². The zero-order chi connectivity index (χ0) is 22.1. The second-order valence-corrected chi connectivity index (χ2v) is 9.65. The molecule has 2 rings (SSSR count). The monoisotopic (exact) mass is 446 g/mol. The van der Waals surface area contributed by atoms with Crippen LogP contribution < -0.4 is 5.32 Å². The van der Waals surface area contributed by atoms with Crippen molar-refractivity contribution in [2.75, 3.05) is 5.75 Å². The van der Waals surface area contributed by atoms with Crippen molar-refractivity contribution in [2.45, 2.75) is 58.0 Å². The van der Waals surface area contributed by atoms with E-state index >= 15 is 0 Å². The van der Waals surface area contributed by atoms with Gasteiger partial charge in [0, 0.05) is 22.9 Å². The number of thioether (sulfide) groups is 1. The maximum Gasteiger partial charge on any atom is 0.243 e. The first kappa shape index (κ1) is 24.3. The van der Waals surface area contributed by atoms with E-state index in [4.69, 9.17) is 11.6 Å². The Labute approximate surface area is 189 Å². The largest absolute Gasteiger partial charge is 0.350 e. The summed E-state index contributed by atoms with van der Waals surface area (Å²) < 4.78 is 0. The molecule has 0 spiro atoms. The molecule has 0 unspecified atom stereocenters. The minimum absolute atomic E-state index is 0.0632. The van der Waals surface area contributed by atoms with Crippen LogP contribution >= 0.6 is 23.4 Å². The molecule has 2 amide bonds. The van der Waals surface area contributed by atoms with Gasteiger partial charge in [-0.3, -0.25) is 9.59 Å². The Morgan fingerprint density at radius 3 is 2.30 bits per heavy atom. The van der Waals surface area contributed by atoms with E-state index in [1.165, 1.54) is 5.56 Å². The van der Waals surface area contributed by atoms with Crippen LogP contribution in [0.25, 0.3) is 0 Å². The van der Waals surface area contributed by atoms with Crippen LogP contribution in [0.15, 0.2) is 54.6 Å². The lowest BCUT2D eigenvalue weighted by Crippen LogP contribution is -2.53. The fourth-order valence-electron chi connectivity index (χ4n) is 3.10. The van der Waals surface area contributed by atoms with E-state index in [-0.39, 0.29) is 17.4 Å². The molecule has 2 aromatic rings. The highest BCUT2D eigenvalue weighted by molar-refractivity contribution is 7.99. The van der Waals surface area contributed by atoms with Gasteiger partial charge < -0.3 is 10.2 Å². The third kappa shape index (κ3) is 7.69. The molecule has 0 aliphatic rings. The molecule has 0 radical (unpaired) electrons. The zero-order valence-electron chi connectivity index (χ0n) is 18.2. The normalized spacial score (nSPS) is 12.3. The highest BCUT2D eigenvalue weighted by Crippen LogP contribution is 2.21. The SMILES string of the molecule is CC[C@H](C(=O)NC(C)(C)C)N(Cc1ccccc1Cl)C(=O)CSCc1ccccc1. The van der Waals surface area contributed by atoms with Gasteiger partial charge in [-0.25, -0.2) is 0 Å². The number of benzene rings is 2. The highest BCUT2D eigenvalue weighted by atomic mass is 35.5. The number of hydrogen-bond donors (Lipinski definition) is 1.